The van der Waals surface area contributed by atoms with Crippen LogP contribution in [0.4, 0.5) is 0 Å². The van der Waals surface area contributed by atoms with Gasteiger partial charge < -0.3 is 20.3 Å². The van der Waals surface area contributed by atoms with Crippen LogP contribution in [0.15, 0.2) is 12.2 Å². The van der Waals surface area contributed by atoms with Crippen LogP contribution >= 0.6 is 0 Å². The lowest BCUT2D eigenvalue weighted by Crippen LogP contribution is -2.45. The zero-order chi connectivity index (χ0) is 45.1. The number of hydrogen-bond acceptors (Lipinski definition) is 5. The molecular weight excluding hydrogens is 767 g/mol. The number of hydrogen-bond donors (Lipinski definition) is 3. The zero-order valence-corrected chi connectivity index (χ0v) is 41.9. The van der Waals surface area contributed by atoms with Crippen LogP contribution in [-0.4, -0.2) is 47.4 Å². The number of allylic oxidation sites excluding steroid dienone is 2. The number of esters is 1. The lowest BCUT2D eigenvalue weighted by molar-refractivity contribution is -0.143. The van der Waals surface area contributed by atoms with E-state index >= 15 is 0 Å². The van der Waals surface area contributed by atoms with E-state index in [0.717, 1.165) is 38.5 Å². The number of aliphatic hydroxyl groups is 2. The summed E-state index contributed by atoms with van der Waals surface area (Å²) < 4.78 is 5.46. The van der Waals surface area contributed by atoms with Gasteiger partial charge in [-0.3, -0.25) is 9.59 Å². The Labute approximate surface area is 387 Å². The molecule has 2 atom stereocenters. The first kappa shape index (κ1) is 60.6. The maximum Gasteiger partial charge on any atom is 0.305 e. The van der Waals surface area contributed by atoms with Crippen molar-refractivity contribution >= 4 is 11.9 Å². The van der Waals surface area contributed by atoms with Gasteiger partial charge in [0.25, 0.3) is 0 Å². The van der Waals surface area contributed by atoms with Gasteiger partial charge in [0.1, 0.15) is 0 Å². The minimum absolute atomic E-state index is 0.00718. The van der Waals surface area contributed by atoms with Crippen molar-refractivity contribution < 1.29 is 24.5 Å². The monoisotopic (exact) mass is 876 g/mol. The van der Waals surface area contributed by atoms with Crippen molar-refractivity contribution in [2.24, 2.45) is 0 Å². The van der Waals surface area contributed by atoms with Crippen LogP contribution in [-0.2, 0) is 14.3 Å². The Morgan fingerprint density at radius 2 is 0.758 bits per heavy atom. The topological polar surface area (TPSA) is 95.9 Å². The van der Waals surface area contributed by atoms with Gasteiger partial charge in [-0.25, -0.2) is 0 Å². The molecule has 0 bridgehead atoms. The summed E-state index contributed by atoms with van der Waals surface area (Å²) in [6.07, 6.45) is 60.5. The fraction of sp³-hybridized carbons (Fsp3) is 0.929. The average Bonchev–Trinajstić information content (AvgIpc) is 3.27. The normalized spacial score (nSPS) is 12.6. The van der Waals surface area contributed by atoms with Crippen molar-refractivity contribution in [3.63, 3.8) is 0 Å². The maximum atomic E-state index is 12.4. The highest BCUT2D eigenvalue weighted by atomic mass is 16.5. The molecule has 0 heterocycles. The van der Waals surface area contributed by atoms with E-state index in [2.05, 4.69) is 31.3 Å². The molecule has 0 aromatic carbocycles. The second-order valence-corrected chi connectivity index (χ2v) is 19.3. The lowest BCUT2D eigenvalue weighted by Gasteiger charge is -2.22. The lowest BCUT2D eigenvalue weighted by atomic mass is 10.0. The molecule has 0 rings (SSSR count). The minimum atomic E-state index is -0.668. The molecule has 62 heavy (non-hydrogen) atoms. The van der Waals surface area contributed by atoms with Crippen molar-refractivity contribution in [3.05, 3.63) is 12.2 Å². The van der Waals surface area contributed by atoms with E-state index in [1.807, 2.05) is 0 Å². The van der Waals surface area contributed by atoms with Crippen LogP contribution in [0.3, 0.4) is 0 Å². The van der Waals surface area contributed by atoms with Crippen molar-refractivity contribution in [1.82, 2.24) is 5.32 Å². The molecule has 1 amide bonds. The molecule has 0 aromatic rings. The van der Waals surface area contributed by atoms with Gasteiger partial charge in [0.05, 0.1) is 25.4 Å². The summed E-state index contributed by atoms with van der Waals surface area (Å²) in [6, 6.07) is -0.546. The number of unbranched alkanes of at least 4 members (excludes halogenated alkanes) is 39. The molecule has 3 N–H and O–H groups in total. The Hall–Kier alpha value is -1.40. The van der Waals surface area contributed by atoms with Gasteiger partial charge in [-0.15, -0.1) is 0 Å². The van der Waals surface area contributed by atoms with Crippen LogP contribution in [0, 0.1) is 0 Å². The summed E-state index contributed by atoms with van der Waals surface area (Å²) in [5, 5.41) is 23.2. The molecule has 0 saturated carbocycles. The molecule has 0 aromatic heterocycles. The Morgan fingerprint density at radius 1 is 0.435 bits per heavy atom. The van der Waals surface area contributed by atoms with Gasteiger partial charge >= 0.3 is 5.97 Å². The summed E-state index contributed by atoms with van der Waals surface area (Å²) >= 11 is 0. The van der Waals surface area contributed by atoms with E-state index in [-0.39, 0.29) is 18.5 Å². The first-order chi connectivity index (χ1) is 30.5. The summed E-state index contributed by atoms with van der Waals surface area (Å²) in [5.41, 5.74) is 0. The van der Waals surface area contributed by atoms with Crippen molar-refractivity contribution in [1.29, 1.82) is 0 Å². The first-order valence-electron chi connectivity index (χ1n) is 27.9. The number of carbonyl (C=O) groups excluding carboxylic acids is 2. The Morgan fingerprint density at radius 3 is 1.15 bits per heavy atom. The summed E-state index contributed by atoms with van der Waals surface area (Å²) in [6.45, 7) is 4.95. The molecule has 0 aliphatic rings. The number of ether oxygens (including phenoxy) is 1. The predicted molar refractivity (Wildman–Crippen MR) is 269 cm³/mol. The third kappa shape index (κ3) is 48.1. The molecule has 6 heteroatoms. The van der Waals surface area contributed by atoms with Gasteiger partial charge in [-0.1, -0.05) is 257 Å². The second kappa shape index (κ2) is 52.2. The average molecular weight is 876 g/mol. The predicted octanol–water partition coefficient (Wildman–Crippen LogP) is 16.9. The highest BCUT2D eigenvalue weighted by molar-refractivity contribution is 5.76. The molecule has 0 spiro atoms. The van der Waals surface area contributed by atoms with Crippen molar-refractivity contribution in [2.75, 3.05) is 13.2 Å². The summed E-state index contributed by atoms with van der Waals surface area (Å²) in [4.78, 5) is 24.4. The first-order valence-corrected chi connectivity index (χ1v) is 27.9. The third-order valence-electron chi connectivity index (χ3n) is 13.1. The van der Waals surface area contributed by atoms with Crippen LogP contribution in [0.5, 0.6) is 0 Å². The van der Waals surface area contributed by atoms with E-state index in [1.165, 1.54) is 238 Å². The van der Waals surface area contributed by atoms with Crippen molar-refractivity contribution in [3.8, 4) is 0 Å². The molecule has 0 aliphatic carbocycles. The molecule has 0 radical (unpaired) electrons. The Balaban J connectivity index is 3.42. The highest BCUT2D eigenvalue weighted by Gasteiger charge is 2.20. The van der Waals surface area contributed by atoms with Crippen molar-refractivity contribution in [2.45, 2.75) is 321 Å². The number of rotatable bonds is 52. The van der Waals surface area contributed by atoms with E-state index < -0.39 is 12.1 Å². The quantitative estimate of drug-likeness (QED) is 0.0321. The van der Waals surface area contributed by atoms with Gasteiger partial charge in [-0.2, -0.15) is 0 Å². The molecule has 2 unspecified atom stereocenters. The molecule has 0 saturated heterocycles. The van der Waals surface area contributed by atoms with Gasteiger partial charge in [0.15, 0.2) is 0 Å². The standard InChI is InChI=1S/C56H109NO5/c1-3-5-7-9-11-13-15-25-28-32-36-40-44-48-54(59)53(52-58)57-55(60)49-45-41-37-33-29-26-23-21-19-17-18-20-22-24-27-31-35-39-43-47-51-62-56(61)50-46-42-38-34-30-16-14-12-10-8-6-4-2/h17,19,53-54,58-59H,3-16,18,20-52H2,1-2H3,(H,57,60)/b19-17-. The SMILES string of the molecule is CCCCCCCCCCCCCCCC(O)C(CO)NC(=O)CCCCCCCCC/C=C\CCCCCCCCCCCOC(=O)CCCCCCCCCCCCCC. The van der Waals surface area contributed by atoms with Gasteiger partial charge in [0, 0.05) is 12.8 Å². The van der Waals surface area contributed by atoms with Gasteiger partial charge in [-0.05, 0) is 51.4 Å². The van der Waals surface area contributed by atoms with Crippen LogP contribution in [0.25, 0.3) is 0 Å². The molecule has 368 valence electrons. The molecule has 0 fully saturated rings. The minimum Gasteiger partial charge on any atom is -0.466 e. The fourth-order valence-electron chi connectivity index (χ4n) is 8.75. The van der Waals surface area contributed by atoms with E-state index in [9.17, 15) is 19.8 Å². The second-order valence-electron chi connectivity index (χ2n) is 19.3. The Bertz CT molecular complexity index is 924. The zero-order valence-electron chi connectivity index (χ0n) is 41.9. The maximum absolute atomic E-state index is 12.4. The number of carbonyl (C=O) groups is 2. The smallest absolute Gasteiger partial charge is 0.305 e. The van der Waals surface area contributed by atoms with Crippen LogP contribution < -0.4 is 5.32 Å². The summed E-state index contributed by atoms with van der Waals surface area (Å²) in [5.74, 6) is -0.0355. The largest absolute Gasteiger partial charge is 0.466 e. The van der Waals surface area contributed by atoms with E-state index in [4.69, 9.17) is 4.74 Å². The molecular formula is C56H109NO5. The van der Waals surface area contributed by atoms with Gasteiger partial charge in [0.2, 0.25) is 5.91 Å². The number of aliphatic hydroxyl groups excluding tert-OH is 2. The Kier molecular flexibility index (Phi) is 51.0. The fourth-order valence-corrected chi connectivity index (χ4v) is 8.75. The van der Waals surface area contributed by atoms with E-state index in [1.54, 1.807) is 0 Å². The molecule has 6 nitrogen and oxygen atoms in total. The number of amides is 1. The van der Waals surface area contributed by atoms with Crippen LogP contribution in [0.2, 0.25) is 0 Å². The summed E-state index contributed by atoms with van der Waals surface area (Å²) in [7, 11) is 0. The van der Waals surface area contributed by atoms with E-state index in [0.29, 0.717) is 25.9 Å². The van der Waals surface area contributed by atoms with Crippen LogP contribution in [0.1, 0.15) is 309 Å². The third-order valence-corrected chi connectivity index (χ3v) is 13.1. The number of nitrogens with one attached hydrogen (secondary N) is 1. The highest BCUT2D eigenvalue weighted by Crippen LogP contribution is 2.17. The molecule has 0 aliphatic heterocycles.